The van der Waals surface area contributed by atoms with Gasteiger partial charge >= 0.3 is 0 Å². The average Bonchev–Trinajstić information content (AvgIpc) is 2.59. The Morgan fingerprint density at radius 3 is 2.58 bits per heavy atom. The van der Waals surface area contributed by atoms with Crippen molar-refractivity contribution in [3.8, 4) is 11.3 Å². The minimum Gasteiger partial charge on any atom is -0.326 e. The maximum atomic E-state index is 12.0. The number of nitrogens with zero attached hydrogens (tertiary/aromatic N) is 3. The summed E-state index contributed by atoms with van der Waals surface area (Å²) in [6.07, 6.45) is 3.62. The van der Waals surface area contributed by atoms with Gasteiger partial charge in [-0.15, -0.1) is 0 Å². The number of anilines is 1. The Balaban J connectivity index is 1.69. The summed E-state index contributed by atoms with van der Waals surface area (Å²) >= 11 is 0. The molecule has 3 aromatic rings. The number of amides is 1. The molecule has 0 bridgehead atoms. The number of rotatable bonds is 4. The van der Waals surface area contributed by atoms with Gasteiger partial charge in [0.2, 0.25) is 5.91 Å². The number of hydrogen-bond donors (Lipinski definition) is 1. The van der Waals surface area contributed by atoms with Crippen LogP contribution in [0.25, 0.3) is 11.3 Å². The van der Waals surface area contributed by atoms with Crippen molar-refractivity contribution in [2.24, 2.45) is 7.05 Å². The SMILES string of the molecule is Cn1nc(-c2ccc(NC(=O)Cc3cccnc3)cc2)ccc1=O. The standard InChI is InChI=1S/C18H16N4O2/c1-22-18(24)9-8-16(21-22)14-4-6-15(7-5-14)20-17(23)11-13-3-2-10-19-12-13/h2-10,12H,11H2,1H3,(H,20,23). The molecule has 0 saturated carbocycles. The second-order valence-corrected chi connectivity index (χ2v) is 5.34. The highest BCUT2D eigenvalue weighted by Crippen LogP contribution is 2.18. The third-order valence-electron chi connectivity index (χ3n) is 3.51. The fourth-order valence-electron chi connectivity index (χ4n) is 2.27. The number of carbonyl (C=O) groups excluding carboxylic acids is 1. The zero-order valence-corrected chi connectivity index (χ0v) is 13.1. The molecule has 24 heavy (non-hydrogen) atoms. The average molecular weight is 320 g/mol. The smallest absolute Gasteiger partial charge is 0.266 e. The lowest BCUT2D eigenvalue weighted by Gasteiger charge is -2.07. The number of hydrogen-bond acceptors (Lipinski definition) is 4. The molecule has 2 aromatic heterocycles. The number of benzene rings is 1. The lowest BCUT2D eigenvalue weighted by Crippen LogP contribution is -2.18. The first kappa shape index (κ1) is 15.6. The van der Waals surface area contributed by atoms with Crippen LogP contribution >= 0.6 is 0 Å². The van der Waals surface area contributed by atoms with Gasteiger partial charge in [0.25, 0.3) is 5.56 Å². The summed E-state index contributed by atoms with van der Waals surface area (Å²) in [5.74, 6) is -0.101. The van der Waals surface area contributed by atoms with Gasteiger partial charge in [-0.1, -0.05) is 18.2 Å². The van der Waals surface area contributed by atoms with Crippen LogP contribution in [0.5, 0.6) is 0 Å². The second-order valence-electron chi connectivity index (χ2n) is 5.34. The Hall–Kier alpha value is -3.28. The summed E-state index contributed by atoms with van der Waals surface area (Å²) in [5, 5.41) is 7.05. The van der Waals surface area contributed by atoms with E-state index in [0.717, 1.165) is 11.1 Å². The van der Waals surface area contributed by atoms with Crippen LogP contribution in [0.3, 0.4) is 0 Å². The molecule has 0 aliphatic rings. The normalized spacial score (nSPS) is 10.4. The van der Waals surface area contributed by atoms with Crippen molar-refractivity contribution >= 4 is 11.6 Å². The van der Waals surface area contributed by atoms with Crippen molar-refractivity contribution in [2.75, 3.05) is 5.32 Å². The van der Waals surface area contributed by atoms with Crippen LogP contribution in [0.1, 0.15) is 5.56 Å². The summed E-state index contributed by atoms with van der Waals surface area (Å²) < 4.78 is 1.29. The molecule has 0 fully saturated rings. The first-order valence-electron chi connectivity index (χ1n) is 7.45. The highest BCUT2D eigenvalue weighted by atomic mass is 16.1. The molecule has 0 saturated heterocycles. The first-order valence-corrected chi connectivity index (χ1v) is 7.45. The number of aryl methyl sites for hydroxylation is 1. The summed E-state index contributed by atoms with van der Waals surface area (Å²) in [5.41, 5.74) is 2.98. The molecule has 3 rings (SSSR count). The molecule has 0 unspecified atom stereocenters. The van der Waals surface area contributed by atoms with Crippen LogP contribution in [-0.2, 0) is 18.3 Å². The van der Waals surface area contributed by atoms with Gasteiger partial charge in [-0.2, -0.15) is 5.10 Å². The van der Waals surface area contributed by atoms with E-state index in [4.69, 9.17) is 0 Å². The molecule has 0 spiro atoms. The Labute approximate surface area is 138 Å². The molecule has 1 amide bonds. The maximum absolute atomic E-state index is 12.0. The molecule has 1 aromatic carbocycles. The second kappa shape index (κ2) is 6.87. The Bertz CT molecular complexity index is 902. The highest BCUT2D eigenvalue weighted by molar-refractivity contribution is 5.92. The Morgan fingerprint density at radius 2 is 1.92 bits per heavy atom. The molecule has 120 valence electrons. The Morgan fingerprint density at radius 1 is 1.12 bits per heavy atom. The van der Waals surface area contributed by atoms with Gasteiger partial charge < -0.3 is 5.32 Å². The van der Waals surface area contributed by atoms with E-state index in [1.54, 1.807) is 31.6 Å². The molecule has 2 heterocycles. The van der Waals surface area contributed by atoms with Gasteiger partial charge in [0.1, 0.15) is 0 Å². The molecule has 0 aliphatic heterocycles. The topological polar surface area (TPSA) is 76.9 Å². The predicted molar refractivity (Wildman–Crippen MR) is 91.5 cm³/mol. The number of nitrogens with one attached hydrogen (secondary N) is 1. The molecule has 1 N–H and O–H groups in total. The number of pyridine rings is 1. The van der Waals surface area contributed by atoms with Gasteiger partial charge in [0, 0.05) is 36.8 Å². The zero-order valence-electron chi connectivity index (χ0n) is 13.1. The number of aromatic nitrogens is 3. The van der Waals surface area contributed by atoms with Crippen LogP contribution in [0.4, 0.5) is 5.69 Å². The summed E-state index contributed by atoms with van der Waals surface area (Å²) in [6, 6.07) is 14.1. The van der Waals surface area contributed by atoms with Crippen LogP contribution < -0.4 is 10.9 Å². The molecule has 6 heteroatoms. The fraction of sp³-hybridized carbons (Fsp3) is 0.111. The largest absolute Gasteiger partial charge is 0.326 e. The quantitative estimate of drug-likeness (QED) is 0.798. The van der Waals surface area contributed by atoms with Crippen molar-refractivity contribution in [3.05, 3.63) is 76.8 Å². The monoisotopic (exact) mass is 320 g/mol. The van der Waals surface area contributed by atoms with E-state index in [1.807, 2.05) is 30.3 Å². The predicted octanol–water partition coefficient (Wildman–Crippen LogP) is 2.02. The maximum Gasteiger partial charge on any atom is 0.266 e. The van der Waals surface area contributed by atoms with E-state index >= 15 is 0 Å². The van der Waals surface area contributed by atoms with Crippen molar-refractivity contribution < 1.29 is 4.79 Å². The van der Waals surface area contributed by atoms with Crippen LogP contribution in [0, 0.1) is 0 Å². The molecular weight excluding hydrogens is 304 g/mol. The van der Waals surface area contributed by atoms with Crippen molar-refractivity contribution in [2.45, 2.75) is 6.42 Å². The van der Waals surface area contributed by atoms with Gasteiger partial charge in [-0.3, -0.25) is 14.6 Å². The van der Waals surface area contributed by atoms with E-state index in [1.165, 1.54) is 10.7 Å². The van der Waals surface area contributed by atoms with Gasteiger partial charge in [-0.05, 0) is 29.8 Å². The van der Waals surface area contributed by atoms with Crippen molar-refractivity contribution in [1.29, 1.82) is 0 Å². The van der Waals surface area contributed by atoms with E-state index in [9.17, 15) is 9.59 Å². The van der Waals surface area contributed by atoms with Crippen LogP contribution in [-0.4, -0.2) is 20.7 Å². The Kier molecular flexibility index (Phi) is 4.47. The van der Waals surface area contributed by atoms with Gasteiger partial charge in [0.15, 0.2) is 0 Å². The zero-order chi connectivity index (χ0) is 16.9. The van der Waals surface area contributed by atoms with E-state index in [0.29, 0.717) is 11.4 Å². The van der Waals surface area contributed by atoms with Gasteiger partial charge in [-0.25, -0.2) is 4.68 Å². The minimum absolute atomic E-state index is 0.101. The van der Waals surface area contributed by atoms with Gasteiger partial charge in [0.05, 0.1) is 12.1 Å². The third kappa shape index (κ3) is 3.73. The molecule has 6 nitrogen and oxygen atoms in total. The first-order chi connectivity index (χ1) is 11.6. The lowest BCUT2D eigenvalue weighted by atomic mass is 10.1. The summed E-state index contributed by atoms with van der Waals surface area (Å²) in [6.45, 7) is 0. The third-order valence-corrected chi connectivity index (χ3v) is 3.51. The van der Waals surface area contributed by atoms with Crippen LogP contribution in [0.15, 0.2) is 65.7 Å². The fourth-order valence-corrected chi connectivity index (χ4v) is 2.27. The van der Waals surface area contributed by atoms with Crippen LogP contribution in [0.2, 0.25) is 0 Å². The molecule has 0 aliphatic carbocycles. The van der Waals surface area contributed by atoms with E-state index in [2.05, 4.69) is 15.4 Å². The van der Waals surface area contributed by atoms with Crippen molar-refractivity contribution in [1.82, 2.24) is 14.8 Å². The molecule has 0 radical (unpaired) electrons. The molecule has 0 atom stereocenters. The van der Waals surface area contributed by atoms with Crippen molar-refractivity contribution in [3.63, 3.8) is 0 Å². The van der Waals surface area contributed by atoms with E-state index in [-0.39, 0.29) is 17.9 Å². The van der Waals surface area contributed by atoms with E-state index < -0.39 is 0 Å². The summed E-state index contributed by atoms with van der Waals surface area (Å²) in [4.78, 5) is 27.4. The number of carbonyl (C=O) groups is 1. The highest BCUT2D eigenvalue weighted by Gasteiger charge is 2.05. The minimum atomic E-state index is -0.155. The molecular formula is C18H16N4O2. The summed E-state index contributed by atoms with van der Waals surface area (Å²) in [7, 11) is 1.61. The lowest BCUT2D eigenvalue weighted by molar-refractivity contribution is -0.115.